The molecule has 0 saturated carbocycles. The number of rotatable bonds is 4. The van der Waals surface area contributed by atoms with Crippen LogP contribution in [-0.4, -0.2) is 16.9 Å². The minimum atomic E-state index is -1.44. The lowest BCUT2D eigenvalue weighted by Crippen LogP contribution is -2.08. The van der Waals surface area contributed by atoms with Crippen LogP contribution in [0.1, 0.15) is 5.56 Å². The van der Waals surface area contributed by atoms with Crippen molar-refractivity contribution in [3.63, 3.8) is 0 Å². The third kappa shape index (κ3) is 2.69. The first kappa shape index (κ1) is 11.8. The summed E-state index contributed by atoms with van der Waals surface area (Å²) in [6.07, 6.45) is 2.63. The average molecular weight is 264 g/mol. The Bertz CT molecular complexity index is 564. The van der Waals surface area contributed by atoms with Crippen LogP contribution in [0.2, 0.25) is 0 Å². The van der Waals surface area contributed by atoms with E-state index in [0.717, 1.165) is 21.4 Å². The monoisotopic (exact) mass is 264 g/mol. The summed E-state index contributed by atoms with van der Waals surface area (Å²) >= 11 is 3.18. The highest BCUT2D eigenvalue weighted by Crippen LogP contribution is 2.33. The molecule has 0 amide bonds. The molecular weight excluding hydrogens is 256 g/mol. The molecule has 0 aliphatic carbocycles. The van der Waals surface area contributed by atoms with Crippen LogP contribution in [0.25, 0.3) is 15.8 Å². The summed E-state index contributed by atoms with van der Waals surface area (Å²) in [5.41, 5.74) is 0.868. The molecule has 5 heteroatoms. The molecular formula is C12H8O3S2. The molecule has 0 bridgehead atoms. The van der Waals surface area contributed by atoms with Gasteiger partial charge in [0.2, 0.25) is 0 Å². The number of aliphatic carboxylic acids is 1. The predicted octanol–water partition coefficient (Wildman–Crippen LogP) is 3.14. The molecule has 2 heterocycles. The van der Waals surface area contributed by atoms with Gasteiger partial charge in [-0.1, -0.05) is 6.07 Å². The molecule has 2 aromatic heterocycles. The smallest absolute Gasteiger partial charge is 0.376 e. The molecule has 0 fully saturated rings. The lowest BCUT2D eigenvalue weighted by molar-refractivity contribution is -0.146. The number of carboxylic acids is 1. The van der Waals surface area contributed by atoms with Gasteiger partial charge in [-0.05, 0) is 40.6 Å². The van der Waals surface area contributed by atoms with Crippen molar-refractivity contribution in [2.75, 3.05) is 0 Å². The number of carboxylic acid groups (broad SMARTS) is 1. The van der Waals surface area contributed by atoms with Crippen molar-refractivity contribution < 1.29 is 14.7 Å². The molecule has 3 nitrogen and oxygen atoms in total. The molecule has 0 aliphatic rings. The van der Waals surface area contributed by atoms with Crippen LogP contribution < -0.4 is 0 Å². The fourth-order valence-electron chi connectivity index (χ4n) is 1.30. The quantitative estimate of drug-likeness (QED) is 0.681. The standard InChI is InChI=1S/C12H8O3S2/c13-9(12(14)15)4-3-8-5-7-17-11(8)10-2-1-6-16-10/h1-7H,(H,14,15). The maximum atomic E-state index is 11.0. The lowest BCUT2D eigenvalue weighted by Gasteiger charge is -1.94. The second kappa shape index (κ2) is 5.07. The molecule has 0 atom stereocenters. The predicted molar refractivity (Wildman–Crippen MR) is 69.3 cm³/mol. The molecule has 17 heavy (non-hydrogen) atoms. The van der Waals surface area contributed by atoms with E-state index in [-0.39, 0.29) is 0 Å². The minimum absolute atomic E-state index is 0.868. The van der Waals surface area contributed by atoms with Gasteiger partial charge < -0.3 is 5.11 Å². The Morgan fingerprint density at radius 3 is 2.65 bits per heavy atom. The third-order valence-electron chi connectivity index (χ3n) is 2.07. The van der Waals surface area contributed by atoms with E-state index in [1.807, 2.05) is 29.0 Å². The van der Waals surface area contributed by atoms with Crippen molar-refractivity contribution in [3.05, 3.63) is 40.6 Å². The van der Waals surface area contributed by atoms with Gasteiger partial charge in [-0.3, -0.25) is 4.79 Å². The lowest BCUT2D eigenvalue weighted by atomic mass is 10.2. The van der Waals surface area contributed by atoms with E-state index < -0.39 is 11.8 Å². The molecule has 0 aliphatic heterocycles. The normalized spacial score (nSPS) is 10.8. The van der Waals surface area contributed by atoms with Crippen molar-refractivity contribution in [3.8, 4) is 9.75 Å². The Morgan fingerprint density at radius 1 is 1.18 bits per heavy atom. The second-order valence-electron chi connectivity index (χ2n) is 3.19. The highest BCUT2D eigenvalue weighted by Gasteiger charge is 2.08. The van der Waals surface area contributed by atoms with E-state index in [2.05, 4.69) is 0 Å². The molecule has 0 unspecified atom stereocenters. The summed E-state index contributed by atoms with van der Waals surface area (Å²) in [5.74, 6) is -2.34. The first-order valence-corrected chi connectivity index (χ1v) is 6.51. The van der Waals surface area contributed by atoms with Gasteiger partial charge in [-0.25, -0.2) is 4.79 Å². The SMILES string of the molecule is O=C(O)C(=O)C=Cc1ccsc1-c1cccs1. The summed E-state index contributed by atoms with van der Waals surface area (Å²) in [5, 5.41) is 12.4. The van der Waals surface area contributed by atoms with E-state index in [1.54, 1.807) is 28.7 Å². The average Bonchev–Trinajstić information content (AvgIpc) is 2.95. The second-order valence-corrected chi connectivity index (χ2v) is 5.05. The van der Waals surface area contributed by atoms with Crippen molar-refractivity contribution >= 4 is 40.5 Å². The largest absolute Gasteiger partial charge is 0.475 e. The fraction of sp³-hybridized carbons (Fsp3) is 0. The van der Waals surface area contributed by atoms with Gasteiger partial charge in [0, 0.05) is 4.88 Å². The molecule has 0 aromatic carbocycles. The van der Waals surface area contributed by atoms with Gasteiger partial charge in [-0.2, -0.15) is 0 Å². The van der Waals surface area contributed by atoms with E-state index in [1.165, 1.54) is 0 Å². The van der Waals surface area contributed by atoms with Crippen molar-refractivity contribution in [2.45, 2.75) is 0 Å². The molecule has 2 rings (SSSR count). The first-order chi connectivity index (χ1) is 8.18. The van der Waals surface area contributed by atoms with Gasteiger partial charge in [0.15, 0.2) is 0 Å². The van der Waals surface area contributed by atoms with Crippen molar-refractivity contribution in [2.24, 2.45) is 0 Å². The Kier molecular flexibility index (Phi) is 3.51. The number of ketones is 1. The Morgan fingerprint density at radius 2 is 2.00 bits per heavy atom. The zero-order valence-corrected chi connectivity index (χ0v) is 10.3. The maximum absolute atomic E-state index is 11.0. The number of hydrogen-bond acceptors (Lipinski definition) is 4. The summed E-state index contributed by atoms with van der Waals surface area (Å²) in [4.78, 5) is 23.5. The van der Waals surface area contributed by atoms with Crippen LogP contribution >= 0.6 is 22.7 Å². The number of carbonyl (C=O) groups excluding carboxylic acids is 1. The zero-order chi connectivity index (χ0) is 12.3. The highest BCUT2D eigenvalue weighted by molar-refractivity contribution is 7.20. The molecule has 0 saturated heterocycles. The van der Waals surface area contributed by atoms with Crippen LogP contribution in [0.15, 0.2) is 35.0 Å². The third-order valence-corrected chi connectivity index (χ3v) is 4.05. The zero-order valence-electron chi connectivity index (χ0n) is 8.62. The number of thiophene rings is 2. The number of carbonyl (C=O) groups is 2. The van der Waals surface area contributed by atoms with E-state index in [4.69, 9.17) is 5.11 Å². The van der Waals surface area contributed by atoms with Crippen LogP contribution in [0.3, 0.4) is 0 Å². The van der Waals surface area contributed by atoms with E-state index in [0.29, 0.717) is 0 Å². The van der Waals surface area contributed by atoms with Crippen LogP contribution in [0.5, 0.6) is 0 Å². The molecule has 2 aromatic rings. The Labute approximate surface area is 106 Å². The van der Waals surface area contributed by atoms with Crippen LogP contribution in [-0.2, 0) is 9.59 Å². The first-order valence-electron chi connectivity index (χ1n) is 4.75. The minimum Gasteiger partial charge on any atom is -0.475 e. The molecule has 0 spiro atoms. The van der Waals surface area contributed by atoms with E-state index >= 15 is 0 Å². The van der Waals surface area contributed by atoms with Crippen LogP contribution in [0, 0.1) is 0 Å². The number of hydrogen-bond donors (Lipinski definition) is 1. The van der Waals surface area contributed by atoms with Gasteiger partial charge in [-0.15, -0.1) is 22.7 Å². The van der Waals surface area contributed by atoms with Gasteiger partial charge in [0.1, 0.15) is 0 Å². The molecule has 0 radical (unpaired) electrons. The van der Waals surface area contributed by atoms with Gasteiger partial charge in [0.05, 0.1) is 4.88 Å². The topological polar surface area (TPSA) is 54.4 Å². The summed E-state index contributed by atoms with van der Waals surface area (Å²) < 4.78 is 0. The van der Waals surface area contributed by atoms with Crippen molar-refractivity contribution in [1.82, 2.24) is 0 Å². The Hall–Kier alpha value is -1.72. The Balaban J connectivity index is 2.27. The maximum Gasteiger partial charge on any atom is 0.376 e. The van der Waals surface area contributed by atoms with Gasteiger partial charge in [0.25, 0.3) is 5.78 Å². The fourth-order valence-corrected chi connectivity index (χ4v) is 3.08. The highest BCUT2D eigenvalue weighted by atomic mass is 32.1. The van der Waals surface area contributed by atoms with Crippen LogP contribution in [0.4, 0.5) is 0 Å². The summed E-state index contributed by atoms with van der Waals surface area (Å²) in [6, 6.07) is 5.81. The summed E-state index contributed by atoms with van der Waals surface area (Å²) in [6.45, 7) is 0. The molecule has 86 valence electrons. The summed E-state index contributed by atoms with van der Waals surface area (Å²) in [7, 11) is 0. The molecule has 1 N–H and O–H groups in total. The van der Waals surface area contributed by atoms with Crippen molar-refractivity contribution in [1.29, 1.82) is 0 Å². The van der Waals surface area contributed by atoms with Gasteiger partial charge >= 0.3 is 5.97 Å². The van der Waals surface area contributed by atoms with E-state index in [9.17, 15) is 9.59 Å².